The van der Waals surface area contributed by atoms with E-state index in [1.54, 1.807) is 20.8 Å². The van der Waals surface area contributed by atoms with Crippen molar-refractivity contribution in [3.8, 4) is 11.4 Å². The van der Waals surface area contributed by atoms with Crippen molar-refractivity contribution in [3.63, 3.8) is 0 Å². The lowest BCUT2D eigenvalue weighted by Crippen LogP contribution is -2.39. The molecule has 218 valence electrons. The summed E-state index contributed by atoms with van der Waals surface area (Å²) in [7, 11) is 3.83. The summed E-state index contributed by atoms with van der Waals surface area (Å²) in [6.45, 7) is 8.85. The zero-order valence-electron chi connectivity index (χ0n) is 24.9. The number of carbonyl (C=O) groups excluding carboxylic acids is 1. The number of nitrogens with zero attached hydrogens (tertiary/aromatic N) is 6. The van der Waals surface area contributed by atoms with E-state index < -0.39 is 24.5 Å². The molecule has 0 radical (unpaired) electrons. The second kappa shape index (κ2) is 12.5. The highest BCUT2D eigenvalue weighted by Gasteiger charge is 2.25. The average molecular weight is 563 g/mol. The summed E-state index contributed by atoms with van der Waals surface area (Å²) in [6.07, 6.45) is -0.542. The summed E-state index contributed by atoms with van der Waals surface area (Å²) in [5, 5.41) is 14.6. The van der Waals surface area contributed by atoms with Crippen LogP contribution in [0.25, 0.3) is 16.6 Å². The van der Waals surface area contributed by atoms with Gasteiger partial charge < -0.3 is 19.3 Å². The van der Waals surface area contributed by atoms with Crippen LogP contribution in [0, 0.1) is 13.8 Å². The molecule has 41 heavy (non-hydrogen) atoms. The zero-order valence-corrected chi connectivity index (χ0v) is 24.9. The maximum Gasteiger partial charge on any atom is 0.410 e. The fraction of sp³-hybridized carbons (Fsp3) is 0.419. The number of hydrogen-bond acceptors (Lipinski definition) is 7. The van der Waals surface area contributed by atoms with Crippen LogP contribution < -0.4 is 9.64 Å². The lowest BCUT2D eigenvalue weighted by atomic mass is 10.1. The molecule has 0 saturated heterocycles. The molecule has 10 heteroatoms. The van der Waals surface area contributed by atoms with E-state index in [-0.39, 0.29) is 13.1 Å². The Balaban J connectivity index is 1.69. The average Bonchev–Trinajstić information content (AvgIpc) is 3.27. The number of halogens is 1. The Kier molecular flexibility index (Phi) is 9.10. The minimum atomic E-state index is -0.680. The lowest BCUT2D eigenvalue weighted by Gasteiger charge is -2.28. The molecule has 0 aliphatic heterocycles. The highest BCUT2D eigenvalue weighted by atomic mass is 19.1. The number of fused-ring (bicyclic) bond motifs is 1. The predicted octanol–water partition coefficient (Wildman–Crippen LogP) is 6.22. The van der Waals surface area contributed by atoms with Crippen LogP contribution in [0.3, 0.4) is 0 Å². The zero-order chi connectivity index (χ0) is 29.7. The van der Waals surface area contributed by atoms with Gasteiger partial charge in [-0.25, -0.2) is 13.9 Å². The van der Waals surface area contributed by atoms with Gasteiger partial charge in [0.1, 0.15) is 35.3 Å². The first-order valence-corrected chi connectivity index (χ1v) is 13.7. The van der Waals surface area contributed by atoms with Crippen LogP contribution in [0.2, 0.25) is 0 Å². The predicted molar refractivity (Wildman–Crippen MR) is 159 cm³/mol. The molecular weight excluding hydrogens is 523 g/mol. The lowest BCUT2D eigenvalue weighted by molar-refractivity contribution is 0.0215. The highest BCUT2D eigenvalue weighted by molar-refractivity contribution is 5.92. The Labute approximate surface area is 240 Å². The third-order valence-electron chi connectivity index (χ3n) is 6.61. The van der Waals surface area contributed by atoms with E-state index in [9.17, 15) is 9.18 Å². The Bertz CT molecular complexity index is 1480. The Morgan fingerprint density at radius 1 is 1.00 bits per heavy atom. The third kappa shape index (κ3) is 6.93. The van der Waals surface area contributed by atoms with Crippen LogP contribution >= 0.6 is 0 Å². The van der Waals surface area contributed by atoms with E-state index in [0.29, 0.717) is 18.0 Å². The summed E-state index contributed by atoms with van der Waals surface area (Å²) in [5.41, 5.74) is 3.49. The van der Waals surface area contributed by atoms with Gasteiger partial charge in [-0.05, 0) is 52.3 Å². The molecule has 2 aromatic carbocycles. The minimum Gasteiger partial charge on any atom is -0.483 e. The maximum absolute atomic E-state index is 13.4. The molecule has 0 fully saturated rings. The molecule has 1 atom stereocenters. The summed E-state index contributed by atoms with van der Waals surface area (Å²) >= 11 is 0. The standard InChI is InChI=1S/C31H39FN6O3/c1-21-27-22(2)38(35-28(27)29(34-33-21)36(6)7)24-15-11-12-16-26(24)40-25(23-13-9-8-10-14-23)17-19-37(20-18-32)30(39)41-31(3,4)5/h8-16,25H,17-20H2,1-7H3. The smallest absolute Gasteiger partial charge is 0.410 e. The molecule has 1 unspecified atom stereocenters. The summed E-state index contributed by atoms with van der Waals surface area (Å²) in [6, 6.07) is 17.5. The van der Waals surface area contributed by atoms with E-state index in [2.05, 4.69) is 10.2 Å². The van der Waals surface area contributed by atoms with E-state index in [4.69, 9.17) is 14.6 Å². The SMILES string of the molecule is Cc1nnc(N(C)C)c2nn(-c3ccccc3OC(CCN(CCF)C(=O)OC(C)(C)C)c3ccccc3)c(C)c12. The molecule has 0 N–H and O–H groups in total. The molecule has 4 rings (SSSR count). The van der Waals surface area contributed by atoms with Crippen molar-refractivity contribution in [1.29, 1.82) is 0 Å². The van der Waals surface area contributed by atoms with Crippen LogP contribution in [-0.2, 0) is 4.74 Å². The molecule has 0 bridgehead atoms. The molecule has 0 aliphatic carbocycles. The molecule has 2 aromatic heterocycles. The van der Waals surface area contributed by atoms with Crippen LogP contribution in [-0.4, -0.2) is 70.4 Å². The quantitative estimate of drug-likeness (QED) is 0.227. The first-order valence-electron chi connectivity index (χ1n) is 13.7. The third-order valence-corrected chi connectivity index (χ3v) is 6.61. The van der Waals surface area contributed by atoms with Gasteiger partial charge in [0.15, 0.2) is 5.82 Å². The van der Waals surface area contributed by atoms with Gasteiger partial charge in [-0.2, -0.15) is 10.2 Å². The molecule has 1 amide bonds. The van der Waals surface area contributed by atoms with Crippen molar-refractivity contribution >= 4 is 22.8 Å². The van der Waals surface area contributed by atoms with Crippen molar-refractivity contribution < 1.29 is 18.7 Å². The maximum atomic E-state index is 13.4. The Morgan fingerprint density at radius 2 is 1.68 bits per heavy atom. The van der Waals surface area contributed by atoms with Gasteiger partial charge in [0.05, 0.1) is 23.3 Å². The van der Waals surface area contributed by atoms with Crippen LogP contribution in [0.5, 0.6) is 5.75 Å². The number of ether oxygens (including phenoxy) is 2. The second-order valence-corrected chi connectivity index (χ2v) is 11.2. The normalized spacial score (nSPS) is 12.3. The molecule has 0 aliphatic rings. The number of hydrogen-bond donors (Lipinski definition) is 0. The van der Waals surface area contributed by atoms with E-state index in [0.717, 1.165) is 33.5 Å². The summed E-state index contributed by atoms with van der Waals surface area (Å²) in [5.74, 6) is 1.31. The van der Waals surface area contributed by atoms with Gasteiger partial charge in [0.25, 0.3) is 0 Å². The van der Waals surface area contributed by atoms with Crippen molar-refractivity contribution in [2.75, 3.05) is 38.8 Å². The first kappa shape index (κ1) is 29.8. The number of anilines is 1. The Hall–Kier alpha value is -4.21. The number of amides is 1. The topological polar surface area (TPSA) is 85.6 Å². The highest BCUT2D eigenvalue weighted by Crippen LogP contribution is 2.34. The van der Waals surface area contributed by atoms with Gasteiger partial charge in [0.2, 0.25) is 0 Å². The van der Waals surface area contributed by atoms with Crippen LogP contribution in [0.1, 0.15) is 50.2 Å². The van der Waals surface area contributed by atoms with Gasteiger partial charge in [-0.3, -0.25) is 0 Å². The van der Waals surface area contributed by atoms with Gasteiger partial charge in [0, 0.05) is 27.1 Å². The van der Waals surface area contributed by atoms with E-state index in [1.807, 2.05) is 92.1 Å². The number of alkyl halides is 1. The molecule has 9 nitrogen and oxygen atoms in total. The van der Waals surface area contributed by atoms with E-state index in [1.165, 1.54) is 4.90 Å². The van der Waals surface area contributed by atoms with Crippen molar-refractivity contribution in [1.82, 2.24) is 24.9 Å². The van der Waals surface area contributed by atoms with Crippen LogP contribution in [0.4, 0.5) is 15.0 Å². The Morgan fingerprint density at radius 3 is 2.34 bits per heavy atom. The number of aryl methyl sites for hydroxylation is 2. The van der Waals surface area contributed by atoms with Crippen molar-refractivity contribution in [3.05, 3.63) is 71.5 Å². The van der Waals surface area contributed by atoms with Gasteiger partial charge >= 0.3 is 6.09 Å². The summed E-state index contributed by atoms with van der Waals surface area (Å²) in [4.78, 5) is 16.1. The number of rotatable bonds is 10. The first-order chi connectivity index (χ1) is 19.5. The molecule has 0 saturated carbocycles. The number of benzene rings is 2. The second-order valence-electron chi connectivity index (χ2n) is 11.2. The number of carbonyl (C=O) groups is 1. The fourth-order valence-corrected chi connectivity index (χ4v) is 4.69. The largest absolute Gasteiger partial charge is 0.483 e. The monoisotopic (exact) mass is 562 g/mol. The van der Waals surface area contributed by atoms with E-state index >= 15 is 0 Å². The molecule has 2 heterocycles. The summed E-state index contributed by atoms with van der Waals surface area (Å²) < 4.78 is 27.5. The van der Waals surface area contributed by atoms with Crippen LogP contribution in [0.15, 0.2) is 54.6 Å². The number of aromatic nitrogens is 4. The van der Waals surface area contributed by atoms with Gasteiger partial charge in [-0.1, -0.05) is 42.5 Å². The molecule has 0 spiro atoms. The number of para-hydroxylation sites is 2. The van der Waals surface area contributed by atoms with Gasteiger partial charge in [-0.15, -0.1) is 5.10 Å². The minimum absolute atomic E-state index is 0.0539. The molecular formula is C31H39FN6O3. The fourth-order valence-electron chi connectivity index (χ4n) is 4.69. The van der Waals surface area contributed by atoms with Crippen molar-refractivity contribution in [2.24, 2.45) is 0 Å². The molecule has 4 aromatic rings. The van der Waals surface area contributed by atoms with Crippen molar-refractivity contribution in [2.45, 2.75) is 52.7 Å².